The van der Waals surface area contributed by atoms with Crippen LogP contribution in [0.4, 0.5) is 0 Å². The van der Waals surface area contributed by atoms with Crippen molar-refractivity contribution in [3.8, 4) is 0 Å². The van der Waals surface area contributed by atoms with Gasteiger partial charge in [0, 0.05) is 0 Å². The smallest absolute Gasteiger partial charge is 0.0760 e. The monoisotopic (exact) mass is 164 g/mol. The Labute approximate surface area is 78.4 Å². The predicted molar refractivity (Wildman–Crippen MR) is 56.5 cm³/mol. The largest absolute Gasteiger partial charge is 0.333 e. The summed E-state index contributed by atoms with van der Waals surface area (Å²) < 4.78 is 0. The maximum absolute atomic E-state index is 2.53. The van der Waals surface area contributed by atoms with Crippen LogP contribution in [-0.2, 0) is 0 Å². The molecule has 69 valence electrons. The Morgan fingerprint density at radius 2 is 2.25 bits per heavy atom. The molecule has 0 bridgehead atoms. The van der Waals surface area contributed by atoms with E-state index < -0.39 is 0 Å². The lowest BCUT2D eigenvalue weighted by atomic mass is 9.63. The van der Waals surface area contributed by atoms with Crippen LogP contribution in [0, 0.1) is 18.3 Å². The lowest BCUT2D eigenvalue weighted by molar-refractivity contribution is 0.675. The van der Waals surface area contributed by atoms with Gasteiger partial charge in [0.25, 0.3) is 0 Å². The molecule has 1 saturated carbocycles. The van der Waals surface area contributed by atoms with Crippen molar-refractivity contribution in [2.45, 2.75) is 52.2 Å². The third kappa shape index (κ3) is 3.20. The summed E-state index contributed by atoms with van der Waals surface area (Å²) in [5.74, 6) is 2.83. The number of rotatable bonds is 6. The molecule has 1 rings (SSSR count). The van der Waals surface area contributed by atoms with Gasteiger partial charge in [-0.15, -0.1) is 0 Å². The summed E-state index contributed by atoms with van der Waals surface area (Å²) in [6.07, 6.45) is 8.01. The summed E-state index contributed by atoms with van der Waals surface area (Å²) in [5.41, 5.74) is 0. The van der Waals surface area contributed by atoms with Crippen LogP contribution in [0.2, 0.25) is 12.6 Å². The molecule has 3 unspecified atom stereocenters. The van der Waals surface area contributed by atoms with Gasteiger partial charge in [0.05, 0.1) is 7.28 Å². The third-order valence-electron chi connectivity index (χ3n) is 3.07. The average molecular weight is 164 g/mol. The van der Waals surface area contributed by atoms with Gasteiger partial charge in [-0.3, -0.25) is 0 Å². The molecule has 1 aliphatic carbocycles. The molecule has 1 aliphatic rings. The van der Waals surface area contributed by atoms with Crippen LogP contribution in [0.25, 0.3) is 0 Å². The van der Waals surface area contributed by atoms with Crippen molar-refractivity contribution in [3.63, 3.8) is 0 Å². The molecule has 0 spiro atoms. The van der Waals surface area contributed by atoms with E-state index in [9.17, 15) is 0 Å². The van der Waals surface area contributed by atoms with Gasteiger partial charge in [-0.05, 0) is 12.3 Å². The zero-order valence-corrected chi connectivity index (χ0v) is 8.72. The molecule has 0 saturated heterocycles. The molecular weight excluding hydrogens is 143 g/mol. The first-order valence-corrected chi connectivity index (χ1v) is 5.40. The summed E-state index contributed by atoms with van der Waals surface area (Å²) >= 11 is 0. The molecule has 1 heteroatoms. The summed E-state index contributed by atoms with van der Waals surface area (Å²) in [5, 5.41) is 0. The highest BCUT2D eigenvalue weighted by Crippen LogP contribution is 2.42. The second-order valence-electron chi connectivity index (χ2n) is 4.23. The summed E-state index contributed by atoms with van der Waals surface area (Å²) in [6.45, 7) is 6.82. The summed E-state index contributed by atoms with van der Waals surface area (Å²) in [4.78, 5) is 0. The lowest BCUT2D eigenvalue weighted by Gasteiger charge is -2.23. The highest BCUT2D eigenvalue weighted by molar-refractivity contribution is 6.36. The van der Waals surface area contributed by atoms with Crippen LogP contribution in [0.5, 0.6) is 0 Å². The minimum Gasteiger partial charge on any atom is -0.333 e. The van der Waals surface area contributed by atoms with Crippen LogP contribution >= 0.6 is 0 Å². The maximum atomic E-state index is 2.53. The fraction of sp³-hybridized carbons (Fsp3) is 0.909. The zero-order chi connectivity index (χ0) is 8.97. The van der Waals surface area contributed by atoms with Crippen LogP contribution < -0.4 is 0 Å². The average Bonchev–Trinajstić information content (AvgIpc) is 2.76. The van der Waals surface area contributed by atoms with Gasteiger partial charge in [-0.2, -0.15) is 12.2 Å². The molecule has 0 heterocycles. The zero-order valence-electron chi connectivity index (χ0n) is 8.72. The molecule has 0 aliphatic heterocycles. The molecule has 0 aromatic carbocycles. The molecule has 1 fully saturated rings. The number of hydrogen-bond acceptors (Lipinski definition) is 0. The second-order valence-corrected chi connectivity index (χ2v) is 4.23. The molecule has 1 radical (unpaired) electrons. The Kier molecular flexibility index (Phi) is 4.18. The van der Waals surface area contributed by atoms with E-state index in [0.717, 1.165) is 17.7 Å². The van der Waals surface area contributed by atoms with E-state index in [-0.39, 0.29) is 0 Å². The Balaban J connectivity index is 2.02. The normalized spacial score (nSPS) is 29.9. The Bertz CT molecular complexity index is 122. The third-order valence-corrected chi connectivity index (χ3v) is 3.07. The van der Waals surface area contributed by atoms with E-state index in [1.807, 2.05) is 0 Å². The van der Waals surface area contributed by atoms with Crippen molar-refractivity contribution >= 4 is 7.28 Å². The Morgan fingerprint density at radius 3 is 2.67 bits per heavy atom. The van der Waals surface area contributed by atoms with Crippen molar-refractivity contribution in [1.29, 1.82) is 0 Å². The quantitative estimate of drug-likeness (QED) is 0.415. The lowest BCUT2D eigenvalue weighted by Crippen LogP contribution is -2.01. The fourth-order valence-corrected chi connectivity index (χ4v) is 1.83. The molecule has 0 N–H and O–H groups in total. The molecule has 0 amide bonds. The number of hydrogen-bond donors (Lipinski definition) is 0. The van der Waals surface area contributed by atoms with Gasteiger partial charge in [0.15, 0.2) is 0 Å². The van der Waals surface area contributed by atoms with Crippen LogP contribution in [-0.4, -0.2) is 7.28 Å². The highest BCUT2D eigenvalue weighted by atomic mass is 14.4. The summed E-state index contributed by atoms with van der Waals surface area (Å²) in [6, 6.07) is 0. The highest BCUT2D eigenvalue weighted by Gasteiger charge is 2.28. The standard InChI is InChI=1S/C11H21B/c1-4-5-11(12-3)7-6-10-8-9(10)2/h7,9-11H,4-6,8H2,1-3H3/q-1. The topological polar surface area (TPSA) is 0 Å². The van der Waals surface area contributed by atoms with Gasteiger partial charge in [-0.25, -0.2) is 0 Å². The first-order chi connectivity index (χ1) is 5.77. The minimum atomic E-state index is 0.780. The molecule has 0 aromatic rings. The van der Waals surface area contributed by atoms with Gasteiger partial charge in [-0.1, -0.05) is 39.4 Å². The van der Waals surface area contributed by atoms with E-state index in [1.165, 1.54) is 25.7 Å². The Hall–Kier alpha value is 0.0649. The van der Waals surface area contributed by atoms with Gasteiger partial charge >= 0.3 is 0 Å². The van der Waals surface area contributed by atoms with Gasteiger partial charge < -0.3 is 6.42 Å². The van der Waals surface area contributed by atoms with Crippen LogP contribution in [0.3, 0.4) is 0 Å². The Morgan fingerprint density at radius 1 is 1.58 bits per heavy atom. The van der Waals surface area contributed by atoms with E-state index in [4.69, 9.17) is 0 Å². The van der Waals surface area contributed by atoms with Crippen molar-refractivity contribution in [3.05, 3.63) is 6.42 Å². The van der Waals surface area contributed by atoms with Crippen molar-refractivity contribution in [2.24, 2.45) is 11.8 Å². The molecule has 3 atom stereocenters. The van der Waals surface area contributed by atoms with Gasteiger partial charge in [0.2, 0.25) is 0 Å². The molecular formula is C11H21B-. The van der Waals surface area contributed by atoms with E-state index in [1.54, 1.807) is 0 Å². The fourth-order valence-electron chi connectivity index (χ4n) is 1.83. The molecule has 12 heavy (non-hydrogen) atoms. The van der Waals surface area contributed by atoms with Crippen molar-refractivity contribution < 1.29 is 0 Å². The second kappa shape index (κ2) is 4.94. The minimum absolute atomic E-state index is 0.780. The van der Waals surface area contributed by atoms with Crippen LogP contribution in [0.1, 0.15) is 39.5 Å². The SMILES string of the molecule is C[B]C([CH-]CC1CC1C)CCC. The first kappa shape index (κ1) is 10.1. The van der Waals surface area contributed by atoms with E-state index in [2.05, 4.69) is 34.4 Å². The first-order valence-electron chi connectivity index (χ1n) is 5.40. The van der Waals surface area contributed by atoms with Gasteiger partial charge in [0.1, 0.15) is 0 Å². The van der Waals surface area contributed by atoms with Crippen molar-refractivity contribution in [2.75, 3.05) is 0 Å². The van der Waals surface area contributed by atoms with Crippen LogP contribution in [0.15, 0.2) is 0 Å². The predicted octanol–water partition coefficient (Wildman–Crippen LogP) is 3.58. The molecule has 0 aromatic heterocycles. The van der Waals surface area contributed by atoms with E-state index in [0.29, 0.717) is 0 Å². The molecule has 0 nitrogen and oxygen atoms in total. The summed E-state index contributed by atoms with van der Waals surface area (Å²) in [7, 11) is 2.34. The maximum Gasteiger partial charge on any atom is 0.0760 e. The van der Waals surface area contributed by atoms with E-state index >= 15 is 0 Å². The van der Waals surface area contributed by atoms with Crippen molar-refractivity contribution in [1.82, 2.24) is 0 Å².